The SMILES string of the molecule is CC(C)(C)C(=O)N1CCC(C(=O)OCC(=O)NCCc2ccc(Cl)cc2)CC1. The number of benzene rings is 1. The molecule has 1 fully saturated rings. The molecule has 0 bridgehead atoms. The van der Waals surface area contributed by atoms with Crippen LogP contribution in [0, 0.1) is 11.3 Å². The van der Waals surface area contributed by atoms with E-state index in [1.165, 1.54) is 0 Å². The molecule has 0 aromatic heterocycles. The standard InChI is InChI=1S/C21H29ClN2O4/c1-21(2,3)20(27)24-12-9-16(10-13-24)19(26)28-14-18(25)23-11-8-15-4-6-17(22)7-5-15/h4-7,16H,8-14H2,1-3H3,(H,23,25). The molecule has 1 heterocycles. The quantitative estimate of drug-likeness (QED) is 0.734. The van der Waals surface area contributed by atoms with Crippen molar-refractivity contribution in [3.05, 3.63) is 34.9 Å². The zero-order chi connectivity index (χ0) is 20.7. The first-order chi connectivity index (χ1) is 13.2. The molecule has 0 saturated carbocycles. The number of ether oxygens (including phenoxy) is 1. The van der Waals surface area contributed by atoms with Crippen LogP contribution in [0.15, 0.2) is 24.3 Å². The fourth-order valence-electron chi connectivity index (χ4n) is 3.10. The van der Waals surface area contributed by atoms with E-state index in [1.807, 2.05) is 32.9 Å². The van der Waals surface area contributed by atoms with Crippen LogP contribution in [0.1, 0.15) is 39.2 Å². The summed E-state index contributed by atoms with van der Waals surface area (Å²) in [7, 11) is 0. The molecule has 28 heavy (non-hydrogen) atoms. The van der Waals surface area contributed by atoms with Crippen LogP contribution in [0.5, 0.6) is 0 Å². The number of nitrogens with zero attached hydrogens (tertiary/aromatic N) is 1. The van der Waals surface area contributed by atoms with Gasteiger partial charge in [-0.3, -0.25) is 14.4 Å². The maximum Gasteiger partial charge on any atom is 0.309 e. The molecular weight excluding hydrogens is 380 g/mol. The number of esters is 1. The molecule has 0 atom stereocenters. The van der Waals surface area contributed by atoms with E-state index in [4.69, 9.17) is 16.3 Å². The van der Waals surface area contributed by atoms with Crippen LogP contribution in [-0.4, -0.2) is 48.9 Å². The summed E-state index contributed by atoms with van der Waals surface area (Å²) in [6.07, 6.45) is 1.81. The lowest BCUT2D eigenvalue weighted by molar-refractivity contribution is -0.155. The smallest absolute Gasteiger partial charge is 0.309 e. The minimum Gasteiger partial charge on any atom is -0.455 e. The molecule has 2 amide bonds. The summed E-state index contributed by atoms with van der Waals surface area (Å²) in [6.45, 7) is 6.95. The Morgan fingerprint density at radius 2 is 1.75 bits per heavy atom. The Morgan fingerprint density at radius 1 is 1.14 bits per heavy atom. The average Bonchev–Trinajstić information content (AvgIpc) is 2.66. The van der Waals surface area contributed by atoms with Crippen LogP contribution < -0.4 is 5.32 Å². The highest BCUT2D eigenvalue weighted by molar-refractivity contribution is 6.30. The normalized spacial score (nSPS) is 15.2. The number of carbonyl (C=O) groups excluding carboxylic acids is 3. The lowest BCUT2D eigenvalue weighted by atomic mass is 9.91. The molecule has 1 aromatic rings. The van der Waals surface area contributed by atoms with E-state index >= 15 is 0 Å². The number of piperidine rings is 1. The lowest BCUT2D eigenvalue weighted by Gasteiger charge is -2.34. The van der Waals surface area contributed by atoms with Gasteiger partial charge >= 0.3 is 5.97 Å². The van der Waals surface area contributed by atoms with E-state index in [0.717, 1.165) is 5.56 Å². The first kappa shape index (κ1) is 22.2. The van der Waals surface area contributed by atoms with Crippen LogP contribution in [0.25, 0.3) is 0 Å². The Morgan fingerprint density at radius 3 is 2.32 bits per heavy atom. The number of rotatable bonds is 6. The van der Waals surface area contributed by atoms with Crippen LogP contribution in [-0.2, 0) is 25.5 Å². The molecule has 0 spiro atoms. The summed E-state index contributed by atoms with van der Waals surface area (Å²) in [5.74, 6) is -0.844. The van der Waals surface area contributed by atoms with E-state index in [0.29, 0.717) is 43.9 Å². The predicted octanol–water partition coefficient (Wildman–Crippen LogP) is 2.83. The van der Waals surface area contributed by atoms with Crippen LogP contribution in [0.2, 0.25) is 5.02 Å². The van der Waals surface area contributed by atoms with E-state index in [-0.39, 0.29) is 30.3 Å². The Kier molecular flexibility index (Phi) is 7.87. The van der Waals surface area contributed by atoms with Gasteiger partial charge in [-0.2, -0.15) is 0 Å². The second-order valence-corrected chi connectivity index (χ2v) is 8.59. The zero-order valence-corrected chi connectivity index (χ0v) is 17.6. The van der Waals surface area contributed by atoms with Gasteiger partial charge in [-0.25, -0.2) is 0 Å². The largest absolute Gasteiger partial charge is 0.455 e. The second kappa shape index (κ2) is 9.92. The molecule has 1 aliphatic heterocycles. The molecule has 154 valence electrons. The van der Waals surface area contributed by atoms with Gasteiger partial charge in [0.1, 0.15) is 0 Å². The van der Waals surface area contributed by atoms with Gasteiger partial charge in [0.05, 0.1) is 5.92 Å². The number of nitrogens with one attached hydrogen (secondary N) is 1. The number of halogens is 1. The number of hydrogen-bond acceptors (Lipinski definition) is 4. The van der Waals surface area contributed by atoms with Crippen molar-refractivity contribution in [3.63, 3.8) is 0 Å². The minimum atomic E-state index is -0.419. The van der Waals surface area contributed by atoms with Crippen molar-refractivity contribution in [1.29, 1.82) is 0 Å². The summed E-state index contributed by atoms with van der Waals surface area (Å²) < 4.78 is 5.15. The van der Waals surface area contributed by atoms with Crippen molar-refractivity contribution >= 4 is 29.4 Å². The first-order valence-corrected chi connectivity index (χ1v) is 10.0. The fraction of sp³-hybridized carbons (Fsp3) is 0.571. The van der Waals surface area contributed by atoms with E-state index < -0.39 is 5.41 Å². The van der Waals surface area contributed by atoms with Crippen molar-refractivity contribution in [3.8, 4) is 0 Å². The molecule has 1 saturated heterocycles. The van der Waals surface area contributed by atoms with Gasteiger partial charge in [0.25, 0.3) is 5.91 Å². The van der Waals surface area contributed by atoms with Gasteiger partial charge in [-0.05, 0) is 37.0 Å². The average molecular weight is 409 g/mol. The molecule has 1 aromatic carbocycles. The van der Waals surface area contributed by atoms with Gasteiger partial charge in [-0.15, -0.1) is 0 Å². The Labute approximate surface area is 171 Å². The first-order valence-electron chi connectivity index (χ1n) is 9.64. The third-order valence-corrected chi connectivity index (χ3v) is 5.00. The van der Waals surface area contributed by atoms with E-state index in [1.54, 1.807) is 17.0 Å². The Hall–Kier alpha value is -2.08. The van der Waals surface area contributed by atoms with Crippen molar-refractivity contribution in [2.75, 3.05) is 26.2 Å². The molecule has 6 nitrogen and oxygen atoms in total. The van der Waals surface area contributed by atoms with Gasteiger partial charge in [0, 0.05) is 30.1 Å². The van der Waals surface area contributed by atoms with Crippen molar-refractivity contribution < 1.29 is 19.1 Å². The summed E-state index contributed by atoms with van der Waals surface area (Å²) >= 11 is 5.84. The molecule has 0 radical (unpaired) electrons. The van der Waals surface area contributed by atoms with Crippen LogP contribution in [0.3, 0.4) is 0 Å². The highest BCUT2D eigenvalue weighted by Crippen LogP contribution is 2.24. The van der Waals surface area contributed by atoms with Gasteiger partial charge < -0.3 is 15.0 Å². The minimum absolute atomic E-state index is 0.0967. The number of carbonyl (C=O) groups is 3. The highest BCUT2D eigenvalue weighted by Gasteiger charge is 2.33. The highest BCUT2D eigenvalue weighted by atomic mass is 35.5. The van der Waals surface area contributed by atoms with Crippen molar-refractivity contribution in [1.82, 2.24) is 10.2 Å². The van der Waals surface area contributed by atoms with Gasteiger partial charge in [0.15, 0.2) is 6.61 Å². The molecule has 0 aliphatic carbocycles. The van der Waals surface area contributed by atoms with Gasteiger partial charge in [-0.1, -0.05) is 44.5 Å². The number of hydrogen-bond donors (Lipinski definition) is 1. The second-order valence-electron chi connectivity index (χ2n) is 8.15. The molecule has 2 rings (SSSR count). The third kappa shape index (κ3) is 6.82. The third-order valence-electron chi connectivity index (χ3n) is 4.75. The molecule has 1 N–H and O–H groups in total. The Balaban J connectivity index is 1.64. The topological polar surface area (TPSA) is 75.7 Å². The van der Waals surface area contributed by atoms with Crippen molar-refractivity contribution in [2.45, 2.75) is 40.0 Å². The summed E-state index contributed by atoms with van der Waals surface area (Å²) in [4.78, 5) is 38.1. The lowest BCUT2D eigenvalue weighted by Crippen LogP contribution is -2.45. The zero-order valence-electron chi connectivity index (χ0n) is 16.8. The summed E-state index contributed by atoms with van der Waals surface area (Å²) in [6, 6.07) is 7.43. The fourth-order valence-corrected chi connectivity index (χ4v) is 3.22. The monoisotopic (exact) mass is 408 g/mol. The number of amides is 2. The molecular formula is C21H29ClN2O4. The van der Waals surface area contributed by atoms with Crippen LogP contribution in [0.4, 0.5) is 0 Å². The van der Waals surface area contributed by atoms with E-state index in [9.17, 15) is 14.4 Å². The number of likely N-dealkylation sites (tertiary alicyclic amines) is 1. The molecule has 1 aliphatic rings. The van der Waals surface area contributed by atoms with Gasteiger partial charge in [0.2, 0.25) is 5.91 Å². The maximum atomic E-state index is 12.3. The molecule has 7 heteroatoms. The van der Waals surface area contributed by atoms with E-state index in [2.05, 4.69) is 5.32 Å². The maximum absolute atomic E-state index is 12.3. The van der Waals surface area contributed by atoms with Crippen LogP contribution >= 0.6 is 11.6 Å². The summed E-state index contributed by atoms with van der Waals surface area (Å²) in [5, 5.41) is 3.41. The molecule has 0 unspecified atom stereocenters. The summed E-state index contributed by atoms with van der Waals surface area (Å²) in [5.41, 5.74) is 0.649. The van der Waals surface area contributed by atoms with Crippen molar-refractivity contribution in [2.24, 2.45) is 11.3 Å². The predicted molar refractivity (Wildman–Crippen MR) is 108 cm³/mol. The Bertz CT molecular complexity index is 689.